The number of carbonyl (C=O) groups excluding carboxylic acids is 1. The van der Waals surface area contributed by atoms with Crippen LogP contribution in [0.5, 0.6) is 0 Å². The van der Waals surface area contributed by atoms with E-state index < -0.39 is 11.4 Å². The summed E-state index contributed by atoms with van der Waals surface area (Å²) >= 11 is 6.29. The third kappa shape index (κ3) is 3.69. The molecule has 7 rings (SSSR count). The number of aliphatic carboxylic acids is 1. The molecule has 2 heterocycles. The molecule has 0 aliphatic heterocycles. The predicted octanol–water partition coefficient (Wildman–Crippen LogP) is 3.70. The van der Waals surface area contributed by atoms with Crippen LogP contribution in [0.1, 0.15) is 62.1 Å². The fourth-order valence-corrected chi connectivity index (χ4v) is 6.30. The summed E-state index contributed by atoms with van der Waals surface area (Å²) in [5.74, 6) is -0.976. The highest BCUT2D eigenvalue weighted by atomic mass is 35.5. The van der Waals surface area contributed by atoms with Gasteiger partial charge in [-0.15, -0.1) is 5.10 Å². The van der Waals surface area contributed by atoms with Crippen LogP contribution in [-0.4, -0.2) is 47.7 Å². The molecule has 3 fully saturated rings. The van der Waals surface area contributed by atoms with Crippen molar-refractivity contribution in [1.82, 2.24) is 30.5 Å². The molecular formula is C25H25ClN6O3. The number of nitrogens with one attached hydrogen (secondary N) is 1. The van der Waals surface area contributed by atoms with Gasteiger partial charge in [0, 0.05) is 27.9 Å². The van der Waals surface area contributed by atoms with E-state index in [1.54, 1.807) is 16.9 Å². The molecule has 3 saturated carbocycles. The Kier molecular flexibility index (Phi) is 5.14. The van der Waals surface area contributed by atoms with Gasteiger partial charge in [-0.3, -0.25) is 14.6 Å². The number of aryl methyl sites for hydroxylation is 1. The number of rotatable bonds is 5. The molecule has 35 heavy (non-hydrogen) atoms. The summed E-state index contributed by atoms with van der Waals surface area (Å²) in [6.45, 7) is 0. The first-order valence-corrected chi connectivity index (χ1v) is 12.3. The van der Waals surface area contributed by atoms with Gasteiger partial charge in [-0.05, 0) is 91.6 Å². The van der Waals surface area contributed by atoms with Crippen molar-refractivity contribution in [3.63, 3.8) is 0 Å². The maximum Gasteiger partial charge on any atom is 0.309 e. The maximum absolute atomic E-state index is 13.4. The van der Waals surface area contributed by atoms with Crippen LogP contribution in [0, 0.1) is 5.41 Å². The Balaban J connectivity index is 1.23. The van der Waals surface area contributed by atoms with Gasteiger partial charge in [-0.25, -0.2) is 0 Å². The largest absolute Gasteiger partial charge is 0.481 e. The second-order valence-corrected chi connectivity index (χ2v) is 10.6. The van der Waals surface area contributed by atoms with Crippen LogP contribution in [0.3, 0.4) is 0 Å². The highest BCUT2D eigenvalue weighted by molar-refractivity contribution is 6.31. The number of tetrazole rings is 1. The number of halogens is 1. The first-order valence-electron chi connectivity index (χ1n) is 12.0. The molecule has 0 saturated heterocycles. The standard InChI is InChI=1S/C25H25ClN6O3/c26-17-2-4-20(32-14-28-30-31-32)19(12-17)16-11-15-1-3-18(21(15)27-13-16)22(33)29-25-8-5-24(6-9-25,7-10-25)23(34)35/h2,4,11-14,18H,1,3,5-10H2,(H,29,33)(H,34,35). The smallest absolute Gasteiger partial charge is 0.309 e. The van der Waals surface area contributed by atoms with E-state index in [4.69, 9.17) is 16.6 Å². The van der Waals surface area contributed by atoms with Gasteiger partial charge in [0.2, 0.25) is 5.91 Å². The van der Waals surface area contributed by atoms with Crippen LogP contribution < -0.4 is 5.32 Å². The van der Waals surface area contributed by atoms with E-state index in [1.165, 1.54) is 6.33 Å². The van der Waals surface area contributed by atoms with Gasteiger partial charge in [-0.2, -0.15) is 4.68 Å². The number of amides is 1. The fourth-order valence-electron chi connectivity index (χ4n) is 6.13. The molecule has 1 aromatic carbocycles. The number of nitrogens with zero attached hydrogens (tertiary/aromatic N) is 5. The molecule has 0 radical (unpaired) electrons. The zero-order valence-corrected chi connectivity index (χ0v) is 19.8. The number of carbonyl (C=O) groups is 2. The number of fused-ring (bicyclic) bond motifs is 4. The van der Waals surface area contributed by atoms with Gasteiger partial charge in [0.1, 0.15) is 6.33 Å². The number of hydrogen-bond donors (Lipinski definition) is 2. The molecule has 3 aromatic rings. The van der Waals surface area contributed by atoms with Gasteiger partial charge in [-0.1, -0.05) is 11.6 Å². The van der Waals surface area contributed by atoms with Crippen molar-refractivity contribution in [3.05, 3.63) is 53.1 Å². The van der Waals surface area contributed by atoms with Gasteiger partial charge < -0.3 is 10.4 Å². The highest BCUT2D eigenvalue weighted by Gasteiger charge is 2.53. The Hall–Kier alpha value is -3.33. The average molecular weight is 493 g/mol. The van der Waals surface area contributed by atoms with E-state index in [0.717, 1.165) is 53.8 Å². The second-order valence-electron chi connectivity index (χ2n) is 10.1. The molecule has 2 N–H and O–H groups in total. The van der Waals surface area contributed by atoms with Crippen LogP contribution in [0.15, 0.2) is 36.8 Å². The third-order valence-corrected chi connectivity index (χ3v) is 8.54. The molecule has 1 atom stereocenters. The van der Waals surface area contributed by atoms with E-state index in [9.17, 15) is 14.7 Å². The third-order valence-electron chi connectivity index (χ3n) is 8.30. The van der Waals surface area contributed by atoms with Gasteiger partial charge in [0.05, 0.1) is 22.7 Å². The molecule has 2 bridgehead atoms. The van der Waals surface area contributed by atoms with Gasteiger partial charge in [0.25, 0.3) is 0 Å². The van der Waals surface area contributed by atoms with Crippen molar-refractivity contribution in [2.45, 2.75) is 62.8 Å². The Morgan fingerprint density at radius 2 is 1.89 bits per heavy atom. The van der Waals surface area contributed by atoms with Gasteiger partial charge >= 0.3 is 5.97 Å². The van der Waals surface area contributed by atoms with Crippen LogP contribution in [0.25, 0.3) is 16.8 Å². The number of benzene rings is 1. The molecule has 1 unspecified atom stereocenters. The van der Waals surface area contributed by atoms with Crippen LogP contribution in [-0.2, 0) is 16.0 Å². The van der Waals surface area contributed by atoms with E-state index >= 15 is 0 Å². The lowest BCUT2D eigenvalue weighted by Gasteiger charge is -2.51. The Bertz CT molecular complexity index is 1300. The number of carboxylic acids is 1. The van der Waals surface area contributed by atoms with E-state index in [2.05, 4.69) is 26.9 Å². The summed E-state index contributed by atoms with van der Waals surface area (Å²) in [5.41, 5.74) is 3.54. The van der Waals surface area contributed by atoms with E-state index in [-0.39, 0.29) is 17.4 Å². The summed E-state index contributed by atoms with van der Waals surface area (Å²) in [6.07, 6.45) is 8.88. The monoisotopic (exact) mass is 492 g/mol. The maximum atomic E-state index is 13.4. The molecule has 4 aliphatic carbocycles. The van der Waals surface area contributed by atoms with Crippen molar-refractivity contribution < 1.29 is 14.7 Å². The summed E-state index contributed by atoms with van der Waals surface area (Å²) in [6, 6.07) is 7.60. The van der Waals surface area contributed by atoms with Crippen LogP contribution >= 0.6 is 11.6 Å². The zero-order valence-electron chi connectivity index (χ0n) is 19.1. The van der Waals surface area contributed by atoms with E-state index in [1.807, 2.05) is 12.1 Å². The molecule has 0 spiro atoms. The summed E-state index contributed by atoms with van der Waals surface area (Å²) < 4.78 is 1.59. The summed E-state index contributed by atoms with van der Waals surface area (Å²) in [4.78, 5) is 29.8. The lowest BCUT2D eigenvalue weighted by Crippen LogP contribution is -2.58. The highest BCUT2D eigenvalue weighted by Crippen LogP contribution is 2.52. The minimum Gasteiger partial charge on any atom is -0.481 e. The summed E-state index contributed by atoms with van der Waals surface area (Å²) in [5, 5.41) is 25.0. The molecule has 10 heteroatoms. The Morgan fingerprint density at radius 3 is 2.57 bits per heavy atom. The molecular weight excluding hydrogens is 468 g/mol. The first-order chi connectivity index (χ1) is 16.9. The fraction of sp³-hybridized carbons (Fsp3) is 0.440. The van der Waals surface area contributed by atoms with Crippen molar-refractivity contribution >= 4 is 23.5 Å². The number of aromatic nitrogens is 5. The van der Waals surface area contributed by atoms with Crippen molar-refractivity contribution in [2.75, 3.05) is 0 Å². The number of carboxylic acid groups (broad SMARTS) is 1. The Morgan fingerprint density at radius 1 is 1.11 bits per heavy atom. The number of pyridine rings is 1. The molecule has 4 aliphatic rings. The van der Waals surface area contributed by atoms with Crippen molar-refractivity contribution in [1.29, 1.82) is 0 Å². The lowest BCUT2D eigenvalue weighted by molar-refractivity contribution is -0.157. The van der Waals surface area contributed by atoms with E-state index in [0.29, 0.717) is 30.7 Å². The normalized spacial score (nSPS) is 26.9. The van der Waals surface area contributed by atoms with Crippen molar-refractivity contribution in [2.24, 2.45) is 5.41 Å². The Labute approximate surface area is 206 Å². The quantitative estimate of drug-likeness (QED) is 0.556. The molecule has 2 aromatic heterocycles. The summed E-state index contributed by atoms with van der Waals surface area (Å²) in [7, 11) is 0. The van der Waals surface area contributed by atoms with Crippen LogP contribution in [0.4, 0.5) is 0 Å². The van der Waals surface area contributed by atoms with Gasteiger partial charge in [0.15, 0.2) is 0 Å². The number of hydrogen-bond acceptors (Lipinski definition) is 6. The topological polar surface area (TPSA) is 123 Å². The van der Waals surface area contributed by atoms with Crippen molar-refractivity contribution in [3.8, 4) is 16.8 Å². The minimum absolute atomic E-state index is 0.00543. The first kappa shape index (κ1) is 22.2. The lowest BCUT2D eigenvalue weighted by atomic mass is 9.57. The molecule has 180 valence electrons. The zero-order chi connectivity index (χ0) is 24.2. The average Bonchev–Trinajstić information content (AvgIpc) is 3.55. The molecule has 1 amide bonds. The predicted molar refractivity (Wildman–Crippen MR) is 127 cm³/mol. The minimum atomic E-state index is -0.690. The van der Waals surface area contributed by atoms with Crippen LogP contribution in [0.2, 0.25) is 5.02 Å². The molecule has 9 nitrogen and oxygen atoms in total. The second kappa shape index (κ2) is 8.12. The SMILES string of the molecule is O=C(NC12CCC(C(=O)O)(CC1)CC2)C1CCc2cc(-c3cc(Cl)ccc3-n3cnnn3)cnc21.